The topological polar surface area (TPSA) is 100 Å². The molecule has 1 aliphatic carbocycles. The molecule has 34 heavy (non-hydrogen) atoms. The molecule has 0 aromatic heterocycles. The van der Waals surface area contributed by atoms with Crippen molar-refractivity contribution in [3.63, 3.8) is 0 Å². The van der Waals surface area contributed by atoms with E-state index in [1.165, 1.54) is 9.80 Å². The van der Waals surface area contributed by atoms with Crippen molar-refractivity contribution in [2.45, 2.75) is 44.3 Å². The van der Waals surface area contributed by atoms with E-state index < -0.39 is 35.3 Å². The van der Waals surface area contributed by atoms with Gasteiger partial charge in [0.2, 0.25) is 11.8 Å². The number of carbonyl (C=O) groups is 3. The molecule has 4 N–H and O–H groups in total. The molecule has 4 rings (SSSR count). The van der Waals surface area contributed by atoms with Crippen LogP contribution in [0.5, 0.6) is 0 Å². The first-order valence-electron chi connectivity index (χ1n) is 11.1. The first kappa shape index (κ1) is 23.9. The van der Waals surface area contributed by atoms with Crippen LogP contribution in [-0.2, 0) is 27.3 Å². The number of anilines is 1. The minimum absolute atomic E-state index is 0.0939. The average Bonchev–Trinajstić information content (AvgIpc) is 3.60. The molecule has 1 fully saturated rings. The quantitative estimate of drug-likeness (QED) is 0.584. The summed E-state index contributed by atoms with van der Waals surface area (Å²) in [6.45, 7) is -0.191. The molecule has 0 radical (unpaired) electrons. The Labute approximate surface area is 194 Å². The zero-order valence-electron chi connectivity index (χ0n) is 18.5. The summed E-state index contributed by atoms with van der Waals surface area (Å²) in [5.74, 6) is -4.40. The second-order valence-electron chi connectivity index (χ2n) is 8.85. The Morgan fingerprint density at radius 2 is 1.76 bits per heavy atom. The fourth-order valence-corrected chi connectivity index (χ4v) is 4.06. The fraction of sp³-hybridized carbons (Fsp3) is 0.375. The Morgan fingerprint density at radius 3 is 2.50 bits per heavy atom. The number of quaternary nitrogens is 1. The molecule has 0 unspecified atom stereocenters. The summed E-state index contributed by atoms with van der Waals surface area (Å²) in [6.07, 6.45) is 1.56. The molecule has 0 spiro atoms. The predicted molar refractivity (Wildman–Crippen MR) is 117 cm³/mol. The van der Waals surface area contributed by atoms with E-state index in [9.17, 15) is 27.6 Å². The monoisotopic (exact) mass is 475 g/mol. The van der Waals surface area contributed by atoms with Gasteiger partial charge in [0.25, 0.3) is 0 Å². The third-order valence-corrected chi connectivity index (χ3v) is 5.99. The van der Waals surface area contributed by atoms with Gasteiger partial charge in [0, 0.05) is 43.6 Å². The highest BCUT2D eigenvalue weighted by atomic mass is 19.2. The number of hydrogen-bond acceptors (Lipinski definition) is 4. The average molecular weight is 475 g/mol. The molecule has 0 saturated heterocycles. The van der Waals surface area contributed by atoms with Crippen molar-refractivity contribution in [3.8, 4) is 0 Å². The fourth-order valence-electron chi connectivity index (χ4n) is 4.06. The molecule has 1 aliphatic heterocycles. The number of hydrogen-bond donors (Lipinski definition) is 2. The number of nitrogens with two attached hydrogens (primary N) is 2. The maximum Gasteiger partial charge on any atom is 0.330 e. The van der Waals surface area contributed by atoms with Gasteiger partial charge in [-0.3, -0.25) is 19.8 Å². The standard InChI is InChI=1S/C24H25F3N4O3/c25-18-10-20(27)19(26)8-15(18)7-16(28)9-23(33)30-11-14-3-1-2-4-21(14)31(24(34)13-30)12-22(32)29-17-5-6-17/h1-4,8,10,16-17H,5-7,9,11-13,28H2,(H,29,32)/p+1/t16-/m1/s1. The lowest BCUT2D eigenvalue weighted by molar-refractivity contribution is -0.581. The van der Waals surface area contributed by atoms with Crippen LogP contribution >= 0.6 is 0 Å². The van der Waals surface area contributed by atoms with Crippen molar-refractivity contribution in [3.05, 3.63) is 65.0 Å². The Balaban J connectivity index is 1.45. The highest BCUT2D eigenvalue weighted by molar-refractivity contribution is 6.01. The molecule has 180 valence electrons. The SMILES string of the molecule is N[C@@H](CC(=O)N1CC(=O)N(CC(=O)[NH2+]C2CC2)c2ccccc2C1)Cc1cc(F)c(F)cc1F. The van der Waals surface area contributed by atoms with Gasteiger partial charge in [-0.25, -0.2) is 18.0 Å². The van der Waals surface area contributed by atoms with Gasteiger partial charge in [-0.2, -0.15) is 0 Å². The number of carbonyl (C=O) groups excluding carboxylic acids is 3. The second kappa shape index (κ2) is 9.94. The van der Waals surface area contributed by atoms with Crippen LogP contribution in [0.4, 0.5) is 18.9 Å². The van der Waals surface area contributed by atoms with Crippen LogP contribution in [0.15, 0.2) is 36.4 Å². The number of para-hydroxylation sites is 1. The Morgan fingerprint density at radius 1 is 1.06 bits per heavy atom. The minimum Gasteiger partial charge on any atom is -0.329 e. The molecule has 7 nitrogen and oxygen atoms in total. The minimum atomic E-state index is -1.30. The van der Waals surface area contributed by atoms with Crippen LogP contribution < -0.4 is 16.0 Å². The summed E-state index contributed by atoms with van der Waals surface area (Å²) in [4.78, 5) is 41.2. The van der Waals surface area contributed by atoms with Crippen LogP contribution in [0.2, 0.25) is 0 Å². The number of rotatable bonds is 7. The summed E-state index contributed by atoms with van der Waals surface area (Å²) in [5, 5.41) is 1.65. The third-order valence-electron chi connectivity index (χ3n) is 5.99. The van der Waals surface area contributed by atoms with Crippen molar-refractivity contribution in [1.82, 2.24) is 4.90 Å². The van der Waals surface area contributed by atoms with E-state index in [2.05, 4.69) is 0 Å². The second-order valence-corrected chi connectivity index (χ2v) is 8.85. The zero-order chi connectivity index (χ0) is 24.4. The molecule has 3 amide bonds. The van der Waals surface area contributed by atoms with E-state index in [1.54, 1.807) is 29.6 Å². The highest BCUT2D eigenvalue weighted by Crippen LogP contribution is 2.26. The van der Waals surface area contributed by atoms with Crippen LogP contribution in [-0.4, -0.2) is 47.8 Å². The first-order chi connectivity index (χ1) is 16.2. The summed E-state index contributed by atoms with van der Waals surface area (Å²) in [6, 6.07) is 7.66. The molecule has 10 heteroatoms. The third kappa shape index (κ3) is 5.63. The zero-order valence-corrected chi connectivity index (χ0v) is 18.5. The Bertz CT molecular complexity index is 1120. The lowest BCUT2D eigenvalue weighted by atomic mass is 10.0. The van der Waals surface area contributed by atoms with Crippen molar-refractivity contribution >= 4 is 23.4 Å². The van der Waals surface area contributed by atoms with E-state index >= 15 is 0 Å². The van der Waals surface area contributed by atoms with Gasteiger partial charge in [0.1, 0.15) is 18.9 Å². The van der Waals surface area contributed by atoms with Crippen molar-refractivity contribution in [2.24, 2.45) is 5.73 Å². The molecule has 0 bridgehead atoms. The van der Waals surface area contributed by atoms with Crippen LogP contribution in [0.1, 0.15) is 30.4 Å². The van der Waals surface area contributed by atoms with Crippen molar-refractivity contribution < 1.29 is 32.9 Å². The summed E-state index contributed by atoms with van der Waals surface area (Å²) >= 11 is 0. The molecule has 1 atom stereocenters. The van der Waals surface area contributed by atoms with Crippen LogP contribution in [0, 0.1) is 17.5 Å². The van der Waals surface area contributed by atoms with E-state index in [-0.39, 0.29) is 50.0 Å². The lowest BCUT2D eigenvalue weighted by Gasteiger charge is -2.22. The van der Waals surface area contributed by atoms with Gasteiger partial charge in [-0.05, 0) is 29.7 Å². The van der Waals surface area contributed by atoms with Gasteiger partial charge < -0.3 is 10.6 Å². The van der Waals surface area contributed by atoms with Gasteiger partial charge >= 0.3 is 5.91 Å². The highest BCUT2D eigenvalue weighted by Gasteiger charge is 2.34. The van der Waals surface area contributed by atoms with Crippen molar-refractivity contribution in [2.75, 3.05) is 18.0 Å². The van der Waals surface area contributed by atoms with E-state index in [4.69, 9.17) is 5.73 Å². The molecule has 2 aromatic carbocycles. The number of nitrogens with zero attached hydrogens (tertiary/aromatic N) is 2. The van der Waals surface area contributed by atoms with Gasteiger partial charge in [-0.1, -0.05) is 18.2 Å². The number of primary amides is 1. The first-order valence-corrected chi connectivity index (χ1v) is 11.1. The number of benzene rings is 2. The molecule has 2 aromatic rings. The molecule has 1 heterocycles. The predicted octanol–water partition coefficient (Wildman–Crippen LogP) is 0.992. The van der Waals surface area contributed by atoms with Gasteiger partial charge in [0.15, 0.2) is 11.6 Å². The number of fused-ring (bicyclic) bond motifs is 1. The lowest BCUT2D eigenvalue weighted by Crippen LogP contribution is -2.91. The molecular formula is C24H26F3N4O3+. The summed E-state index contributed by atoms with van der Waals surface area (Å²) in [5.41, 5.74) is 7.16. The molecular weight excluding hydrogens is 449 g/mol. The van der Waals surface area contributed by atoms with Gasteiger partial charge in [0.05, 0.1) is 6.04 Å². The van der Waals surface area contributed by atoms with Crippen molar-refractivity contribution in [1.29, 1.82) is 0 Å². The van der Waals surface area contributed by atoms with Gasteiger partial charge in [-0.15, -0.1) is 0 Å². The number of amides is 3. The smallest absolute Gasteiger partial charge is 0.329 e. The molecule has 2 aliphatic rings. The maximum atomic E-state index is 13.9. The summed E-state index contributed by atoms with van der Waals surface area (Å²) in [7, 11) is 0. The largest absolute Gasteiger partial charge is 0.330 e. The van der Waals surface area contributed by atoms with E-state index in [0.29, 0.717) is 17.3 Å². The normalized spacial score (nSPS) is 16.8. The Hall–Kier alpha value is -3.24. The van der Waals surface area contributed by atoms with E-state index in [0.717, 1.165) is 18.9 Å². The van der Waals surface area contributed by atoms with Crippen LogP contribution in [0.3, 0.4) is 0 Å². The number of halogens is 3. The maximum absolute atomic E-state index is 13.9. The summed E-state index contributed by atoms with van der Waals surface area (Å²) < 4.78 is 40.6. The van der Waals surface area contributed by atoms with E-state index in [1.807, 2.05) is 0 Å². The molecule has 1 saturated carbocycles. The van der Waals surface area contributed by atoms with Crippen LogP contribution in [0.25, 0.3) is 0 Å². The Kier molecular flexibility index (Phi) is 6.99.